The second kappa shape index (κ2) is 6.30. The summed E-state index contributed by atoms with van der Waals surface area (Å²) < 4.78 is 31.7. The Bertz CT molecular complexity index is 399. The first-order valence-electron chi connectivity index (χ1n) is 8.11. The Labute approximate surface area is 130 Å². The summed E-state index contributed by atoms with van der Waals surface area (Å²) in [5.74, 6) is -2.69. The van der Waals surface area contributed by atoms with Crippen LogP contribution < -0.4 is 0 Å². The summed E-state index contributed by atoms with van der Waals surface area (Å²) in [6.45, 7) is 6.45. The monoisotopic (exact) mass is 319 g/mol. The number of alkyl halides is 2. The van der Waals surface area contributed by atoms with Crippen LogP contribution in [0.2, 0.25) is 0 Å². The third-order valence-electron chi connectivity index (χ3n) is 4.60. The SMILES string of the molecule is CC(C)(C)OC(=O)N1CC[C@@H]([C@@H](O)C2CCC(F)(F)CC2)C1. The average molecular weight is 319 g/mol. The third kappa shape index (κ3) is 4.54. The van der Waals surface area contributed by atoms with E-state index in [1.165, 1.54) is 0 Å². The van der Waals surface area contributed by atoms with E-state index < -0.39 is 17.6 Å². The Kier molecular flexibility index (Phi) is 5.00. The van der Waals surface area contributed by atoms with Gasteiger partial charge < -0.3 is 14.7 Å². The van der Waals surface area contributed by atoms with Crippen molar-refractivity contribution in [2.45, 2.75) is 70.5 Å². The predicted octanol–water partition coefficient (Wildman–Crippen LogP) is 3.43. The lowest BCUT2D eigenvalue weighted by Crippen LogP contribution is -2.38. The highest BCUT2D eigenvalue weighted by Gasteiger charge is 2.41. The van der Waals surface area contributed by atoms with E-state index in [1.54, 1.807) is 4.90 Å². The number of likely N-dealkylation sites (tertiary alicyclic amines) is 1. The number of hydrogen-bond acceptors (Lipinski definition) is 3. The van der Waals surface area contributed by atoms with Gasteiger partial charge in [-0.1, -0.05) is 0 Å². The van der Waals surface area contributed by atoms with Crippen molar-refractivity contribution in [3.05, 3.63) is 0 Å². The molecular weight excluding hydrogens is 292 g/mol. The molecular formula is C16H27F2NO3. The van der Waals surface area contributed by atoms with Crippen molar-refractivity contribution in [2.75, 3.05) is 13.1 Å². The van der Waals surface area contributed by atoms with Gasteiger partial charge in [-0.05, 0) is 46.0 Å². The maximum Gasteiger partial charge on any atom is 0.410 e. The van der Waals surface area contributed by atoms with Crippen LogP contribution in [-0.2, 0) is 4.74 Å². The van der Waals surface area contributed by atoms with Gasteiger partial charge in [-0.3, -0.25) is 0 Å². The molecule has 2 aliphatic rings. The molecule has 0 spiro atoms. The lowest BCUT2D eigenvalue weighted by atomic mass is 9.79. The Hall–Kier alpha value is -0.910. The highest BCUT2D eigenvalue weighted by molar-refractivity contribution is 5.68. The highest BCUT2D eigenvalue weighted by Crippen LogP contribution is 2.40. The van der Waals surface area contributed by atoms with E-state index in [4.69, 9.17) is 4.74 Å². The van der Waals surface area contributed by atoms with Crippen LogP contribution in [0, 0.1) is 11.8 Å². The third-order valence-corrected chi connectivity index (χ3v) is 4.60. The van der Waals surface area contributed by atoms with Crippen molar-refractivity contribution in [1.82, 2.24) is 4.90 Å². The predicted molar refractivity (Wildman–Crippen MR) is 78.8 cm³/mol. The Morgan fingerprint density at radius 3 is 2.36 bits per heavy atom. The van der Waals surface area contributed by atoms with Gasteiger partial charge in [0.25, 0.3) is 0 Å². The molecule has 1 saturated heterocycles. The van der Waals surface area contributed by atoms with Gasteiger partial charge >= 0.3 is 6.09 Å². The minimum atomic E-state index is -2.57. The van der Waals surface area contributed by atoms with Crippen LogP contribution in [0.4, 0.5) is 13.6 Å². The molecule has 1 aliphatic heterocycles. The van der Waals surface area contributed by atoms with E-state index in [1.807, 2.05) is 20.8 Å². The number of rotatable bonds is 2. The van der Waals surface area contributed by atoms with Gasteiger partial charge in [-0.15, -0.1) is 0 Å². The number of ether oxygens (including phenoxy) is 1. The lowest BCUT2D eigenvalue weighted by Gasteiger charge is -2.33. The maximum atomic E-state index is 13.2. The second-order valence-electron chi connectivity index (χ2n) is 7.66. The van der Waals surface area contributed by atoms with E-state index in [0.29, 0.717) is 32.4 Å². The molecule has 1 saturated carbocycles. The number of halogens is 2. The normalized spacial score (nSPS) is 27.7. The van der Waals surface area contributed by atoms with Crippen LogP contribution in [0.3, 0.4) is 0 Å². The number of nitrogens with zero attached hydrogens (tertiary/aromatic N) is 1. The zero-order valence-electron chi connectivity index (χ0n) is 13.6. The molecule has 22 heavy (non-hydrogen) atoms. The summed E-state index contributed by atoms with van der Waals surface area (Å²) >= 11 is 0. The van der Waals surface area contributed by atoms with Gasteiger partial charge in [0.15, 0.2) is 0 Å². The molecule has 0 aromatic carbocycles. The molecule has 0 aromatic rings. The second-order valence-corrected chi connectivity index (χ2v) is 7.66. The first-order chi connectivity index (χ1) is 10.1. The van der Waals surface area contributed by atoms with Crippen molar-refractivity contribution in [2.24, 2.45) is 11.8 Å². The number of hydrogen-bond donors (Lipinski definition) is 1. The van der Waals surface area contributed by atoms with Crippen LogP contribution >= 0.6 is 0 Å². The number of aliphatic hydroxyl groups excluding tert-OH is 1. The average Bonchev–Trinajstić information content (AvgIpc) is 2.85. The van der Waals surface area contributed by atoms with Gasteiger partial charge in [-0.2, -0.15) is 0 Å². The van der Waals surface area contributed by atoms with Crippen molar-refractivity contribution in [3.63, 3.8) is 0 Å². The molecule has 1 amide bonds. The molecule has 0 unspecified atom stereocenters. The molecule has 4 nitrogen and oxygen atoms in total. The van der Waals surface area contributed by atoms with E-state index in [0.717, 1.165) is 0 Å². The molecule has 0 aromatic heterocycles. The quantitative estimate of drug-likeness (QED) is 0.848. The van der Waals surface area contributed by atoms with Gasteiger partial charge in [0.05, 0.1) is 6.10 Å². The van der Waals surface area contributed by atoms with Crippen LogP contribution in [0.5, 0.6) is 0 Å². The van der Waals surface area contributed by atoms with Crippen molar-refractivity contribution in [3.8, 4) is 0 Å². The summed E-state index contributed by atoms with van der Waals surface area (Å²) in [7, 11) is 0. The largest absolute Gasteiger partial charge is 0.444 e. The molecule has 2 fully saturated rings. The summed E-state index contributed by atoms with van der Waals surface area (Å²) in [6.07, 6.45) is 0.164. The smallest absolute Gasteiger partial charge is 0.410 e. The molecule has 1 heterocycles. The standard InChI is InChI=1S/C16H27F2NO3/c1-15(2,3)22-14(21)19-9-6-12(10-19)13(20)11-4-7-16(17,18)8-5-11/h11-13,20H,4-10H2,1-3H3/t12-,13+/m1/s1. The molecule has 128 valence electrons. The van der Waals surface area contributed by atoms with E-state index in [-0.39, 0.29) is 30.8 Å². The van der Waals surface area contributed by atoms with E-state index in [2.05, 4.69) is 0 Å². The molecule has 6 heteroatoms. The minimum Gasteiger partial charge on any atom is -0.444 e. The summed E-state index contributed by atoms with van der Waals surface area (Å²) in [5, 5.41) is 10.5. The van der Waals surface area contributed by atoms with Gasteiger partial charge in [-0.25, -0.2) is 13.6 Å². The Morgan fingerprint density at radius 2 is 1.82 bits per heavy atom. The van der Waals surface area contributed by atoms with Crippen molar-refractivity contribution in [1.29, 1.82) is 0 Å². The maximum absolute atomic E-state index is 13.2. The number of carbonyl (C=O) groups is 1. The molecule has 2 rings (SSSR count). The number of amides is 1. The summed E-state index contributed by atoms with van der Waals surface area (Å²) in [5.41, 5.74) is -0.539. The fraction of sp³-hybridized carbons (Fsp3) is 0.938. The van der Waals surface area contributed by atoms with Crippen LogP contribution in [0.1, 0.15) is 52.9 Å². The van der Waals surface area contributed by atoms with E-state index >= 15 is 0 Å². The minimum absolute atomic E-state index is 0.0377. The molecule has 2 atom stereocenters. The van der Waals surface area contributed by atoms with E-state index in [9.17, 15) is 18.7 Å². The van der Waals surface area contributed by atoms with Crippen molar-refractivity contribution < 1.29 is 23.4 Å². The zero-order valence-corrected chi connectivity index (χ0v) is 13.6. The van der Waals surface area contributed by atoms with Gasteiger partial charge in [0, 0.05) is 31.8 Å². The van der Waals surface area contributed by atoms with Gasteiger partial charge in [0.1, 0.15) is 5.60 Å². The van der Waals surface area contributed by atoms with Gasteiger partial charge in [0.2, 0.25) is 5.92 Å². The first kappa shape index (κ1) is 17.4. The number of carbonyl (C=O) groups excluding carboxylic acids is 1. The van der Waals surface area contributed by atoms with Crippen LogP contribution in [0.25, 0.3) is 0 Å². The molecule has 0 bridgehead atoms. The zero-order chi connectivity index (χ0) is 16.5. The fourth-order valence-corrected chi connectivity index (χ4v) is 3.35. The first-order valence-corrected chi connectivity index (χ1v) is 8.11. The fourth-order valence-electron chi connectivity index (χ4n) is 3.35. The molecule has 1 aliphatic carbocycles. The van der Waals surface area contributed by atoms with Crippen LogP contribution in [0.15, 0.2) is 0 Å². The highest BCUT2D eigenvalue weighted by atomic mass is 19.3. The lowest BCUT2D eigenvalue weighted by molar-refractivity contribution is -0.0695. The van der Waals surface area contributed by atoms with Crippen LogP contribution in [-0.4, -0.2) is 46.8 Å². The Balaban J connectivity index is 1.84. The van der Waals surface area contributed by atoms with Crippen molar-refractivity contribution >= 4 is 6.09 Å². The molecule has 0 radical (unpaired) electrons. The number of aliphatic hydroxyl groups is 1. The summed E-state index contributed by atoms with van der Waals surface area (Å²) in [4.78, 5) is 13.6. The topological polar surface area (TPSA) is 49.8 Å². The molecule has 1 N–H and O–H groups in total. The summed E-state index contributed by atoms with van der Waals surface area (Å²) in [6, 6.07) is 0. The Morgan fingerprint density at radius 1 is 1.23 bits per heavy atom.